The van der Waals surface area contributed by atoms with Gasteiger partial charge in [0.1, 0.15) is 11.5 Å². The molecule has 2 aromatic carbocycles. The number of halogens is 1. The Labute approximate surface area is 141 Å². The summed E-state index contributed by atoms with van der Waals surface area (Å²) in [6, 6.07) is 10.3. The van der Waals surface area contributed by atoms with E-state index in [0.717, 1.165) is 24.5 Å². The number of ether oxygens (including phenoxy) is 2. The molecule has 0 amide bonds. The fourth-order valence-electron chi connectivity index (χ4n) is 2.58. The summed E-state index contributed by atoms with van der Waals surface area (Å²) < 4.78 is 11.2. The van der Waals surface area contributed by atoms with Crippen LogP contribution in [0.3, 0.4) is 0 Å². The molecule has 0 bridgehead atoms. The van der Waals surface area contributed by atoms with Gasteiger partial charge in [0.15, 0.2) is 0 Å². The molecule has 0 saturated carbocycles. The fraction of sp³-hybridized carbons (Fsp3) is 0.474. The molecule has 0 aliphatic rings. The molecule has 0 saturated heterocycles. The molecule has 0 aromatic heterocycles. The molecule has 0 aliphatic heterocycles. The maximum atomic E-state index is 5.97. The predicted molar refractivity (Wildman–Crippen MR) is 97.6 cm³/mol. The Hall–Kier alpha value is -1.22. The van der Waals surface area contributed by atoms with Gasteiger partial charge >= 0.3 is 0 Å². The lowest BCUT2D eigenvalue weighted by molar-refractivity contribution is 0.303. The molecular weight excluding hydrogens is 340 g/mol. The van der Waals surface area contributed by atoms with E-state index in [4.69, 9.17) is 9.47 Å². The van der Waals surface area contributed by atoms with Crippen LogP contribution in [0.25, 0.3) is 10.8 Å². The molecule has 2 nitrogen and oxygen atoms in total. The molecule has 1 unspecified atom stereocenters. The smallest absolute Gasteiger partial charge is 0.122 e. The van der Waals surface area contributed by atoms with E-state index in [0.29, 0.717) is 4.83 Å². The monoisotopic (exact) mass is 364 g/mol. The lowest BCUT2D eigenvalue weighted by atomic mass is 10.0. The van der Waals surface area contributed by atoms with Crippen LogP contribution in [-0.4, -0.2) is 18.5 Å². The zero-order valence-corrected chi connectivity index (χ0v) is 15.3. The summed E-state index contributed by atoms with van der Waals surface area (Å²) in [5, 5.41) is 2.42. The van der Waals surface area contributed by atoms with Crippen molar-refractivity contribution < 1.29 is 9.47 Å². The van der Waals surface area contributed by atoms with E-state index in [9.17, 15) is 0 Å². The molecule has 22 heavy (non-hydrogen) atoms. The van der Waals surface area contributed by atoms with Gasteiger partial charge in [-0.2, -0.15) is 0 Å². The Morgan fingerprint density at radius 2 is 1.95 bits per heavy atom. The molecule has 0 aliphatic carbocycles. The van der Waals surface area contributed by atoms with Gasteiger partial charge in [0.25, 0.3) is 0 Å². The number of fused-ring (bicyclic) bond motifs is 1. The predicted octanol–water partition coefficient (Wildman–Crippen LogP) is 5.88. The van der Waals surface area contributed by atoms with Crippen LogP contribution >= 0.6 is 15.9 Å². The average molecular weight is 365 g/mol. The van der Waals surface area contributed by atoms with Crippen LogP contribution in [0.5, 0.6) is 11.5 Å². The second kappa shape index (κ2) is 8.42. The van der Waals surface area contributed by atoms with Crippen LogP contribution < -0.4 is 9.47 Å². The molecule has 2 rings (SSSR count). The lowest BCUT2D eigenvalue weighted by Crippen LogP contribution is -2.01. The third kappa shape index (κ3) is 4.39. The van der Waals surface area contributed by atoms with Crippen molar-refractivity contribution in [1.29, 1.82) is 0 Å². The number of hydrogen-bond acceptors (Lipinski definition) is 2. The zero-order chi connectivity index (χ0) is 15.9. The van der Waals surface area contributed by atoms with Gasteiger partial charge in [0.05, 0.1) is 13.7 Å². The van der Waals surface area contributed by atoms with Gasteiger partial charge in [-0.15, -0.1) is 0 Å². The van der Waals surface area contributed by atoms with Crippen LogP contribution in [0.4, 0.5) is 0 Å². The van der Waals surface area contributed by atoms with E-state index < -0.39 is 0 Å². The summed E-state index contributed by atoms with van der Waals surface area (Å²) in [7, 11) is 1.70. The Balaban J connectivity index is 1.96. The summed E-state index contributed by atoms with van der Waals surface area (Å²) in [5.74, 6) is 1.88. The van der Waals surface area contributed by atoms with Crippen molar-refractivity contribution in [2.45, 2.75) is 44.4 Å². The molecule has 120 valence electrons. The molecule has 0 N–H and O–H groups in total. The maximum absolute atomic E-state index is 5.97. The van der Waals surface area contributed by atoms with Crippen LogP contribution in [0, 0.1) is 6.92 Å². The Morgan fingerprint density at radius 3 is 2.68 bits per heavy atom. The molecule has 2 aromatic rings. The highest BCUT2D eigenvalue weighted by atomic mass is 79.9. The van der Waals surface area contributed by atoms with Crippen LogP contribution in [0.1, 0.15) is 38.2 Å². The topological polar surface area (TPSA) is 18.5 Å². The van der Waals surface area contributed by atoms with Crippen LogP contribution in [-0.2, 0) is 0 Å². The molecular formula is C19H25BrO2. The number of rotatable bonds is 8. The summed E-state index contributed by atoms with van der Waals surface area (Å²) in [6.07, 6.45) is 4.71. The average Bonchev–Trinajstić information content (AvgIpc) is 2.55. The second-order valence-electron chi connectivity index (χ2n) is 5.63. The van der Waals surface area contributed by atoms with E-state index >= 15 is 0 Å². The van der Waals surface area contributed by atoms with Crippen molar-refractivity contribution in [3.8, 4) is 11.5 Å². The minimum absolute atomic E-state index is 0.643. The van der Waals surface area contributed by atoms with Crippen molar-refractivity contribution >= 4 is 26.7 Å². The first-order valence-electron chi connectivity index (χ1n) is 8.00. The quantitative estimate of drug-likeness (QED) is 0.430. The van der Waals surface area contributed by atoms with Crippen LogP contribution in [0.15, 0.2) is 30.3 Å². The molecule has 0 heterocycles. The third-order valence-corrected chi connectivity index (χ3v) is 5.16. The summed E-state index contributed by atoms with van der Waals surface area (Å²) in [6.45, 7) is 5.12. The molecule has 0 radical (unpaired) electrons. The summed E-state index contributed by atoms with van der Waals surface area (Å²) in [4.78, 5) is 0.643. The van der Waals surface area contributed by atoms with E-state index in [1.54, 1.807) is 7.11 Å². The van der Waals surface area contributed by atoms with Crippen LogP contribution in [0.2, 0.25) is 0 Å². The summed E-state index contributed by atoms with van der Waals surface area (Å²) >= 11 is 3.67. The number of aryl methyl sites for hydroxylation is 1. The highest BCUT2D eigenvalue weighted by molar-refractivity contribution is 9.09. The van der Waals surface area contributed by atoms with E-state index in [2.05, 4.69) is 54.0 Å². The highest BCUT2D eigenvalue weighted by Gasteiger charge is 2.06. The maximum Gasteiger partial charge on any atom is 0.122 e. The standard InChI is InChI=1S/C19H25BrO2/c1-4-16(20)7-5-6-12-22-19-11-8-15-13-17(21-3)9-10-18(15)14(19)2/h8-11,13,16H,4-7,12H2,1-3H3. The second-order valence-corrected chi connectivity index (χ2v) is 6.92. The van der Waals surface area contributed by atoms with Gasteiger partial charge in [-0.3, -0.25) is 0 Å². The van der Waals surface area contributed by atoms with Gasteiger partial charge in [-0.05, 0) is 67.1 Å². The Kier molecular flexibility index (Phi) is 6.56. The summed E-state index contributed by atoms with van der Waals surface area (Å²) in [5.41, 5.74) is 1.20. The van der Waals surface area contributed by atoms with Crippen molar-refractivity contribution in [2.24, 2.45) is 0 Å². The zero-order valence-electron chi connectivity index (χ0n) is 13.7. The van der Waals surface area contributed by atoms with Gasteiger partial charge in [-0.1, -0.05) is 35.0 Å². The van der Waals surface area contributed by atoms with Crippen molar-refractivity contribution in [1.82, 2.24) is 0 Å². The number of alkyl halides is 1. The SMILES string of the molecule is CCC(Br)CCCCOc1ccc2cc(OC)ccc2c1C. The van der Waals surface area contributed by atoms with Gasteiger partial charge < -0.3 is 9.47 Å². The Bertz CT molecular complexity index is 610. The first-order chi connectivity index (χ1) is 10.7. The molecule has 3 heteroatoms. The molecule has 0 spiro atoms. The lowest BCUT2D eigenvalue weighted by Gasteiger charge is -2.12. The minimum atomic E-state index is 0.643. The normalized spacial score (nSPS) is 12.4. The molecule has 1 atom stereocenters. The minimum Gasteiger partial charge on any atom is -0.497 e. The van der Waals surface area contributed by atoms with Gasteiger partial charge in [-0.25, -0.2) is 0 Å². The van der Waals surface area contributed by atoms with E-state index in [1.165, 1.54) is 35.6 Å². The first-order valence-corrected chi connectivity index (χ1v) is 8.91. The van der Waals surface area contributed by atoms with E-state index in [-0.39, 0.29) is 0 Å². The highest BCUT2D eigenvalue weighted by Crippen LogP contribution is 2.30. The fourth-order valence-corrected chi connectivity index (χ4v) is 2.90. The third-order valence-electron chi connectivity index (χ3n) is 4.06. The van der Waals surface area contributed by atoms with Crippen molar-refractivity contribution in [2.75, 3.05) is 13.7 Å². The number of unbranched alkanes of at least 4 members (excludes halogenated alkanes) is 1. The largest absolute Gasteiger partial charge is 0.497 e. The van der Waals surface area contributed by atoms with Crippen molar-refractivity contribution in [3.05, 3.63) is 35.9 Å². The van der Waals surface area contributed by atoms with Gasteiger partial charge in [0, 0.05) is 4.83 Å². The first kappa shape index (κ1) is 17.1. The van der Waals surface area contributed by atoms with E-state index in [1.807, 2.05) is 6.07 Å². The number of methoxy groups -OCH3 is 1. The van der Waals surface area contributed by atoms with Crippen molar-refractivity contribution in [3.63, 3.8) is 0 Å². The Morgan fingerprint density at radius 1 is 1.14 bits per heavy atom. The number of benzene rings is 2. The molecule has 0 fully saturated rings. The van der Waals surface area contributed by atoms with Gasteiger partial charge in [0.2, 0.25) is 0 Å². The number of hydrogen-bond donors (Lipinski definition) is 0.